The van der Waals surface area contributed by atoms with Crippen LogP contribution in [-0.4, -0.2) is 40.0 Å². The minimum Gasteiger partial charge on any atom is -0.396 e. The van der Waals surface area contributed by atoms with Crippen LogP contribution in [0.2, 0.25) is 0 Å². The quantitative estimate of drug-likeness (QED) is 0.816. The highest BCUT2D eigenvalue weighted by molar-refractivity contribution is 7.97. The number of para-hydroxylation sites is 2. The van der Waals surface area contributed by atoms with E-state index >= 15 is 0 Å². The summed E-state index contributed by atoms with van der Waals surface area (Å²) in [4.78, 5) is 16.9. The molecule has 0 atom stereocenters. The number of nitrogens with one attached hydrogen (secondary N) is 1. The highest BCUT2D eigenvalue weighted by Crippen LogP contribution is 2.44. The van der Waals surface area contributed by atoms with Crippen LogP contribution in [0.15, 0.2) is 24.3 Å². The van der Waals surface area contributed by atoms with Gasteiger partial charge in [-0.2, -0.15) is 11.8 Å². The summed E-state index contributed by atoms with van der Waals surface area (Å²) in [6.45, 7) is 0.990. The van der Waals surface area contributed by atoms with Gasteiger partial charge in [-0.15, -0.1) is 0 Å². The fraction of sp³-hybridized carbons (Fsp3) is 0.500. The third kappa shape index (κ3) is 3.13. The molecule has 1 saturated carbocycles. The summed E-state index contributed by atoms with van der Waals surface area (Å²) in [5.41, 5.74) is 1.85. The number of fused-ring (bicyclic) bond motifs is 1. The first kappa shape index (κ1) is 15.4. The second-order valence-electron chi connectivity index (χ2n) is 5.97. The predicted molar refractivity (Wildman–Crippen MR) is 88.7 cm³/mol. The molecule has 1 aromatic heterocycles. The number of hydrogen-bond acceptors (Lipinski definition) is 4. The number of benzene rings is 1. The molecule has 1 heterocycles. The maximum atomic E-state index is 12.3. The molecule has 5 nitrogen and oxygen atoms in total. The number of hydrogen-bond donors (Lipinski definition) is 2. The smallest absolute Gasteiger partial charge is 0.240 e. The summed E-state index contributed by atoms with van der Waals surface area (Å²) < 4.78 is 1.99. The van der Waals surface area contributed by atoms with Crippen LogP contribution in [0.4, 0.5) is 0 Å². The van der Waals surface area contributed by atoms with E-state index in [1.807, 2.05) is 35.1 Å². The van der Waals surface area contributed by atoms with Gasteiger partial charge < -0.3 is 15.0 Å². The number of carbonyl (C=O) groups excluding carboxylic acids is 1. The highest BCUT2D eigenvalue weighted by Gasteiger charge is 2.42. The molecule has 2 N–H and O–H groups in total. The topological polar surface area (TPSA) is 67.2 Å². The predicted octanol–water partition coefficient (Wildman–Crippen LogP) is 1.79. The van der Waals surface area contributed by atoms with Crippen molar-refractivity contribution in [3.63, 3.8) is 0 Å². The molecule has 0 unspecified atom stereocenters. The molecule has 0 spiro atoms. The summed E-state index contributed by atoms with van der Waals surface area (Å²) in [6, 6.07) is 7.89. The van der Waals surface area contributed by atoms with Crippen molar-refractivity contribution in [2.24, 2.45) is 5.41 Å². The summed E-state index contributed by atoms with van der Waals surface area (Å²) in [5.74, 6) is 1.68. The zero-order valence-corrected chi connectivity index (χ0v) is 13.5. The van der Waals surface area contributed by atoms with Gasteiger partial charge in [0.05, 0.1) is 23.4 Å². The van der Waals surface area contributed by atoms with Crippen molar-refractivity contribution in [1.29, 1.82) is 0 Å². The van der Waals surface area contributed by atoms with Crippen LogP contribution in [0.1, 0.15) is 18.7 Å². The second-order valence-corrected chi connectivity index (χ2v) is 6.84. The molecule has 0 bridgehead atoms. The standard InChI is InChI=1S/C16H21N3O2S/c1-22-9-14-18-12-4-2-3-5-13(12)19(14)8-15(21)17-10-16(11-20)6-7-16/h2-5,20H,6-11H2,1H3,(H,17,21). The fourth-order valence-electron chi connectivity index (χ4n) is 2.59. The third-order valence-corrected chi connectivity index (χ3v) is 4.81. The van der Waals surface area contributed by atoms with Crippen molar-refractivity contribution in [3.8, 4) is 0 Å². The summed E-state index contributed by atoms with van der Waals surface area (Å²) in [7, 11) is 0. The molecule has 0 saturated heterocycles. The Bertz CT molecular complexity index is 679. The van der Waals surface area contributed by atoms with Crippen molar-refractivity contribution < 1.29 is 9.90 Å². The van der Waals surface area contributed by atoms with Crippen molar-refractivity contribution in [1.82, 2.24) is 14.9 Å². The number of imidazole rings is 1. The van der Waals surface area contributed by atoms with E-state index in [4.69, 9.17) is 0 Å². The largest absolute Gasteiger partial charge is 0.396 e. The van der Waals surface area contributed by atoms with E-state index in [1.54, 1.807) is 11.8 Å². The van der Waals surface area contributed by atoms with Crippen LogP contribution < -0.4 is 5.32 Å². The van der Waals surface area contributed by atoms with E-state index in [9.17, 15) is 9.90 Å². The minimum absolute atomic E-state index is 0.0229. The number of carbonyl (C=O) groups is 1. The van der Waals surface area contributed by atoms with Gasteiger partial charge in [0.2, 0.25) is 5.91 Å². The second kappa shape index (κ2) is 6.30. The maximum absolute atomic E-state index is 12.3. The van der Waals surface area contributed by atoms with Gasteiger partial charge in [-0.05, 0) is 31.2 Å². The van der Waals surface area contributed by atoms with Gasteiger partial charge in [0.15, 0.2) is 0 Å². The van der Waals surface area contributed by atoms with E-state index in [0.29, 0.717) is 6.54 Å². The minimum atomic E-state index is -0.0607. The fourth-order valence-corrected chi connectivity index (χ4v) is 3.07. The van der Waals surface area contributed by atoms with Crippen LogP contribution in [0.5, 0.6) is 0 Å². The Balaban J connectivity index is 1.74. The number of thioether (sulfide) groups is 1. The first-order chi connectivity index (χ1) is 10.7. The van der Waals surface area contributed by atoms with E-state index in [0.717, 1.165) is 35.5 Å². The van der Waals surface area contributed by atoms with Crippen LogP contribution in [0, 0.1) is 5.41 Å². The first-order valence-electron chi connectivity index (χ1n) is 7.48. The van der Waals surface area contributed by atoms with Crippen molar-refractivity contribution in [2.45, 2.75) is 25.1 Å². The maximum Gasteiger partial charge on any atom is 0.240 e. The molecule has 118 valence electrons. The number of nitrogens with zero attached hydrogens (tertiary/aromatic N) is 2. The Kier molecular flexibility index (Phi) is 4.40. The molecule has 1 amide bonds. The van der Waals surface area contributed by atoms with Gasteiger partial charge in [-0.25, -0.2) is 4.98 Å². The molecular weight excluding hydrogens is 298 g/mol. The van der Waals surface area contributed by atoms with Crippen molar-refractivity contribution in [3.05, 3.63) is 30.1 Å². The Labute approximate surface area is 134 Å². The van der Waals surface area contributed by atoms with Crippen LogP contribution >= 0.6 is 11.8 Å². The van der Waals surface area contributed by atoms with E-state index in [2.05, 4.69) is 10.3 Å². The Morgan fingerprint density at radius 3 is 2.91 bits per heavy atom. The number of aliphatic hydroxyl groups excluding tert-OH is 1. The molecule has 3 rings (SSSR count). The molecule has 22 heavy (non-hydrogen) atoms. The normalized spacial score (nSPS) is 15.9. The van der Waals surface area contributed by atoms with Gasteiger partial charge in [-0.3, -0.25) is 4.79 Å². The lowest BCUT2D eigenvalue weighted by Crippen LogP contribution is -2.34. The molecule has 1 aliphatic rings. The number of aromatic nitrogens is 2. The van der Waals surface area contributed by atoms with E-state index in [1.165, 1.54) is 0 Å². The Morgan fingerprint density at radius 1 is 1.45 bits per heavy atom. The SMILES string of the molecule is CSCc1nc2ccccc2n1CC(=O)NCC1(CO)CC1. The van der Waals surface area contributed by atoms with Gasteiger partial charge in [0, 0.05) is 12.0 Å². The molecule has 1 aromatic carbocycles. The Morgan fingerprint density at radius 2 is 2.23 bits per heavy atom. The lowest BCUT2D eigenvalue weighted by molar-refractivity contribution is -0.121. The van der Waals surface area contributed by atoms with Gasteiger partial charge in [0.25, 0.3) is 0 Å². The van der Waals surface area contributed by atoms with Gasteiger partial charge >= 0.3 is 0 Å². The Hall–Kier alpha value is -1.53. The zero-order valence-electron chi connectivity index (χ0n) is 12.7. The van der Waals surface area contributed by atoms with Gasteiger partial charge in [-0.1, -0.05) is 12.1 Å². The lowest BCUT2D eigenvalue weighted by atomic mass is 10.1. The molecule has 0 radical (unpaired) electrons. The molecule has 0 aliphatic heterocycles. The molecule has 1 aliphatic carbocycles. The van der Waals surface area contributed by atoms with E-state index in [-0.39, 0.29) is 24.5 Å². The van der Waals surface area contributed by atoms with Crippen molar-refractivity contribution in [2.75, 3.05) is 19.4 Å². The van der Waals surface area contributed by atoms with Gasteiger partial charge in [0.1, 0.15) is 12.4 Å². The summed E-state index contributed by atoms with van der Waals surface area (Å²) >= 11 is 1.69. The average molecular weight is 319 g/mol. The van der Waals surface area contributed by atoms with Crippen LogP contribution in [-0.2, 0) is 17.1 Å². The number of amides is 1. The van der Waals surface area contributed by atoms with Crippen LogP contribution in [0.25, 0.3) is 11.0 Å². The third-order valence-electron chi connectivity index (χ3n) is 4.26. The first-order valence-corrected chi connectivity index (χ1v) is 8.87. The monoisotopic (exact) mass is 319 g/mol. The van der Waals surface area contributed by atoms with Crippen LogP contribution in [0.3, 0.4) is 0 Å². The van der Waals surface area contributed by atoms with E-state index < -0.39 is 0 Å². The highest BCUT2D eigenvalue weighted by atomic mass is 32.2. The molecule has 1 fully saturated rings. The zero-order chi connectivity index (χ0) is 15.6. The average Bonchev–Trinajstić information content (AvgIpc) is 3.24. The van der Waals surface area contributed by atoms with Crippen molar-refractivity contribution >= 4 is 28.7 Å². The number of rotatable bonds is 7. The molecular formula is C16H21N3O2S. The summed E-state index contributed by atoms with van der Waals surface area (Å²) in [5, 5.41) is 12.3. The summed E-state index contributed by atoms with van der Waals surface area (Å²) in [6.07, 6.45) is 4.02. The lowest BCUT2D eigenvalue weighted by Gasteiger charge is -2.14. The molecule has 2 aromatic rings. The number of aliphatic hydroxyl groups is 1. The molecule has 6 heteroatoms.